The molecule has 0 saturated heterocycles. The summed E-state index contributed by atoms with van der Waals surface area (Å²) in [5.74, 6) is 0. The van der Waals surface area contributed by atoms with Crippen LogP contribution in [0.1, 0.15) is 0 Å². The zero-order chi connectivity index (χ0) is 8.39. The Balaban J connectivity index is 2.47. The maximum atomic E-state index is 8.46. The molecule has 4 heteroatoms. The highest BCUT2D eigenvalue weighted by Crippen LogP contribution is 2.14. The van der Waals surface area contributed by atoms with E-state index in [2.05, 4.69) is 9.97 Å². The molecule has 0 bridgehead atoms. The first-order chi connectivity index (χ1) is 5.90. The van der Waals surface area contributed by atoms with Crippen molar-refractivity contribution in [1.29, 1.82) is 0 Å². The van der Waals surface area contributed by atoms with E-state index in [4.69, 9.17) is 9.84 Å². The maximum absolute atomic E-state index is 8.46. The van der Waals surface area contributed by atoms with Crippen molar-refractivity contribution in [1.82, 2.24) is 9.97 Å². The molecule has 0 aliphatic heterocycles. The zero-order valence-electron chi connectivity index (χ0n) is 6.32. The molecule has 0 aliphatic rings. The van der Waals surface area contributed by atoms with Gasteiger partial charge in [0.1, 0.15) is 0 Å². The minimum absolute atomic E-state index is 0.346. The van der Waals surface area contributed by atoms with Gasteiger partial charge in [-0.25, -0.2) is 0 Å². The zero-order valence-corrected chi connectivity index (χ0v) is 6.32. The number of hydrogen-bond donors (Lipinski definition) is 2. The Morgan fingerprint density at radius 1 is 1.42 bits per heavy atom. The molecule has 0 saturated carbocycles. The van der Waals surface area contributed by atoms with Crippen molar-refractivity contribution in [2.24, 2.45) is 0 Å². The van der Waals surface area contributed by atoms with Gasteiger partial charge in [0.15, 0.2) is 6.79 Å². The number of nitrogens with one attached hydrogen (secondary N) is 1. The van der Waals surface area contributed by atoms with E-state index < -0.39 is 0 Å². The number of benzene rings is 1. The number of aromatic amines is 1. The van der Waals surface area contributed by atoms with Crippen LogP contribution < -0.4 is 4.74 Å². The predicted molar refractivity (Wildman–Crippen MR) is 43.8 cm³/mol. The summed E-state index contributed by atoms with van der Waals surface area (Å²) in [6.45, 7) is -0.361. The minimum atomic E-state index is -0.361. The molecular formula is C8H8N2O2. The fourth-order valence-electron chi connectivity index (χ4n) is 1.06. The van der Waals surface area contributed by atoms with Gasteiger partial charge in [-0.1, -0.05) is 12.1 Å². The molecule has 2 N–H and O–H groups in total. The van der Waals surface area contributed by atoms with E-state index in [-0.39, 0.29) is 6.79 Å². The molecule has 0 unspecified atom stereocenters. The van der Waals surface area contributed by atoms with Crippen molar-refractivity contribution in [3.05, 3.63) is 24.3 Å². The van der Waals surface area contributed by atoms with E-state index in [0.29, 0.717) is 6.01 Å². The molecule has 0 fully saturated rings. The molecule has 1 heterocycles. The second-order valence-corrected chi connectivity index (χ2v) is 2.33. The number of nitrogens with zero attached hydrogens (tertiary/aromatic N) is 1. The van der Waals surface area contributed by atoms with Crippen molar-refractivity contribution in [2.75, 3.05) is 6.79 Å². The number of imidazole rings is 1. The quantitative estimate of drug-likeness (QED) is 0.648. The van der Waals surface area contributed by atoms with Crippen molar-refractivity contribution in [2.45, 2.75) is 0 Å². The van der Waals surface area contributed by atoms with Gasteiger partial charge in [-0.2, -0.15) is 4.98 Å². The molecule has 2 aromatic rings. The lowest BCUT2D eigenvalue weighted by Gasteiger charge is -1.92. The molecule has 1 aromatic carbocycles. The number of ether oxygens (including phenoxy) is 1. The summed E-state index contributed by atoms with van der Waals surface area (Å²) in [5, 5.41) is 8.46. The molecule has 0 atom stereocenters. The molecule has 0 spiro atoms. The smallest absolute Gasteiger partial charge is 0.296 e. The van der Waals surface area contributed by atoms with Crippen LogP contribution in [0, 0.1) is 0 Å². The standard InChI is InChI=1S/C8H8N2O2/c11-5-12-8-9-6-3-1-2-4-7(6)10-8/h1-4,11H,5H2,(H,9,10). The number of aliphatic hydroxyl groups is 1. The van der Waals surface area contributed by atoms with E-state index in [1.54, 1.807) is 0 Å². The van der Waals surface area contributed by atoms with Crippen molar-refractivity contribution in [3.8, 4) is 6.01 Å². The second-order valence-electron chi connectivity index (χ2n) is 2.33. The van der Waals surface area contributed by atoms with Gasteiger partial charge >= 0.3 is 0 Å². The van der Waals surface area contributed by atoms with E-state index in [9.17, 15) is 0 Å². The van der Waals surface area contributed by atoms with Gasteiger partial charge in [0.25, 0.3) is 6.01 Å². The lowest BCUT2D eigenvalue weighted by Crippen LogP contribution is -1.95. The van der Waals surface area contributed by atoms with Crippen molar-refractivity contribution in [3.63, 3.8) is 0 Å². The molecule has 0 aliphatic carbocycles. The third-order valence-corrected chi connectivity index (χ3v) is 1.57. The number of rotatable bonds is 2. The number of fused-ring (bicyclic) bond motifs is 1. The molecule has 12 heavy (non-hydrogen) atoms. The van der Waals surface area contributed by atoms with Crippen LogP contribution in [0.2, 0.25) is 0 Å². The molecule has 1 aromatic heterocycles. The van der Waals surface area contributed by atoms with Crippen LogP contribution in [0.3, 0.4) is 0 Å². The summed E-state index contributed by atoms with van der Waals surface area (Å²) in [4.78, 5) is 6.97. The number of aliphatic hydroxyl groups excluding tert-OH is 1. The van der Waals surface area contributed by atoms with Crippen molar-refractivity contribution >= 4 is 11.0 Å². The lowest BCUT2D eigenvalue weighted by molar-refractivity contribution is 0.0906. The third kappa shape index (κ3) is 1.12. The van der Waals surface area contributed by atoms with Crippen LogP contribution in [0.5, 0.6) is 6.01 Å². The topological polar surface area (TPSA) is 58.1 Å². The molecule has 2 rings (SSSR count). The largest absolute Gasteiger partial charge is 0.438 e. The molecule has 4 nitrogen and oxygen atoms in total. The van der Waals surface area contributed by atoms with Gasteiger partial charge in [-0.15, -0.1) is 0 Å². The Morgan fingerprint density at radius 3 is 3.00 bits per heavy atom. The number of hydrogen-bond acceptors (Lipinski definition) is 3. The summed E-state index contributed by atoms with van der Waals surface area (Å²) in [6, 6.07) is 7.91. The van der Waals surface area contributed by atoms with Crippen LogP contribution >= 0.6 is 0 Å². The van der Waals surface area contributed by atoms with Crippen LogP contribution in [-0.2, 0) is 0 Å². The second kappa shape index (κ2) is 2.83. The number of para-hydroxylation sites is 2. The minimum Gasteiger partial charge on any atom is -0.438 e. The van der Waals surface area contributed by atoms with E-state index in [1.807, 2.05) is 24.3 Å². The predicted octanol–water partition coefficient (Wildman–Crippen LogP) is 0.891. The van der Waals surface area contributed by atoms with Crippen LogP contribution in [-0.4, -0.2) is 21.9 Å². The lowest BCUT2D eigenvalue weighted by atomic mass is 10.3. The van der Waals surface area contributed by atoms with Gasteiger partial charge in [-0.05, 0) is 12.1 Å². The van der Waals surface area contributed by atoms with Gasteiger partial charge in [0.2, 0.25) is 0 Å². The van der Waals surface area contributed by atoms with Gasteiger partial charge in [-0.3, -0.25) is 0 Å². The first-order valence-corrected chi connectivity index (χ1v) is 3.58. The highest BCUT2D eigenvalue weighted by Gasteiger charge is 2.00. The number of aromatic nitrogens is 2. The van der Waals surface area contributed by atoms with Gasteiger partial charge in [0, 0.05) is 0 Å². The fourth-order valence-corrected chi connectivity index (χ4v) is 1.06. The summed E-state index contributed by atoms with van der Waals surface area (Å²) >= 11 is 0. The fraction of sp³-hybridized carbons (Fsp3) is 0.125. The average molecular weight is 164 g/mol. The number of H-pyrrole nitrogens is 1. The Kier molecular flexibility index (Phi) is 1.68. The van der Waals surface area contributed by atoms with Crippen molar-refractivity contribution < 1.29 is 9.84 Å². The third-order valence-electron chi connectivity index (χ3n) is 1.57. The Bertz CT molecular complexity index is 350. The van der Waals surface area contributed by atoms with Gasteiger partial charge in [0.05, 0.1) is 11.0 Å². The van der Waals surface area contributed by atoms with Crippen LogP contribution in [0.4, 0.5) is 0 Å². The first-order valence-electron chi connectivity index (χ1n) is 3.58. The molecule has 62 valence electrons. The molecular weight excluding hydrogens is 156 g/mol. The highest BCUT2D eigenvalue weighted by atomic mass is 16.6. The van der Waals surface area contributed by atoms with E-state index >= 15 is 0 Å². The SMILES string of the molecule is OCOc1nc2ccccc2[nH]1. The normalized spacial score (nSPS) is 10.4. The Labute approximate surface area is 68.8 Å². The van der Waals surface area contributed by atoms with Crippen LogP contribution in [0.15, 0.2) is 24.3 Å². The monoisotopic (exact) mass is 164 g/mol. The summed E-state index contributed by atoms with van der Waals surface area (Å²) in [6.07, 6.45) is 0. The van der Waals surface area contributed by atoms with E-state index in [1.165, 1.54) is 0 Å². The maximum Gasteiger partial charge on any atom is 0.296 e. The summed E-state index contributed by atoms with van der Waals surface area (Å²) < 4.78 is 4.78. The Hall–Kier alpha value is -1.55. The molecule has 0 amide bonds. The average Bonchev–Trinajstić information content (AvgIpc) is 2.47. The summed E-state index contributed by atoms with van der Waals surface area (Å²) in [7, 11) is 0. The molecule has 0 radical (unpaired) electrons. The van der Waals surface area contributed by atoms with Crippen LogP contribution in [0.25, 0.3) is 11.0 Å². The highest BCUT2D eigenvalue weighted by molar-refractivity contribution is 5.75. The summed E-state index contributed by atoms with van der Waals surface area (Å²) in [5.41, 5.74) is 1.74. The first kappa shape index (κ1) is 7.12. The Morgan fingerprint density at radius 2 is 2.25 bits per heavy atom. The van der Waals surface area contributed by atoms with Gasteiger partial charge < -0.3 is 14.8 Å². The van der Waals surface area contributed by atoms with E-state index in [0.717, 1.165) is 11.0 Å².